The van der Waals surface area contributed by atoms with E-state index < -0.39 is 12.0 Å². The van der Waals surface area contributed by atoms with E-state index in [-0.39, 0.29) is 5.91 Å². The second kappa shape index (κ2) is 23.0. The molecule has 0 aromatic rings. The fourth-order valence-electron chi connectivity index (χ4n) is 3.74. The van der Waals surface area contributed by atoms with E-state index in [9.17, 15) is 19.2 Å². The molecule has 31 heavy (non-hydrogen) atoms. The van der Waals surface area contributed by atoms with Gasteiger partial charge in [0.1, 0.15) is 12.6 Å². The number of nitrogens with one attached hydrogen (secondary N) is 1. The van der Waals surface area contributed by atoms with Crippen LogP contribution in [0, 0.1) is 0 Å². The standard InChI is InChI=1S/C25H45NO5/c27-21-17-18-23(22-28)26-24(29)19-15-13-11-9-7-5-3-1-2-4-6-8-10-12-14-16-20-25(30)31/h21-23H,1-20H2,(H,26,29)(H,30,31)/t23-/m0/s1. The Bertz CT molecular complexity index is 467. The molecule has 1 atom stereocenters. The Balaban J connectivity index is 3.26. The van der Waals surface area contributed by atoms with Crippen molar-refractivity contribution in [1.82, 2.24) is 5.32 Å². The van der Waals surface area contributed by atoms with Crippen molar-refractivity contribution in [3.8, 4) is 0 Å². The highest BCUT2D eigenvalue weighted by Gasteiger charge is 2.10. The maximum absolute atomic E-state index is 11.8. The Morgan fingerprint density at radius 1 is 0.645 bits per heavy atom. The quantitative estimate of drug-likeness (QED) is 0.147. The summed E-state index contributed by atoms with van der Waals surface area (Å²) in [4.78, 5) is 43.4. The van der Waals surface area contributed by atoms with E-state index in [0.717, 1.165) is 38.4 Å². The molecule has 0 aromatic carbocycles. The molecule has 0 bridgehead atoms. The molecule has 180 valence electrons. The first kappa shape index (κ1) is 29.3. The van der Waals surface area contributed by atoms with Crippen molar-refractivity contribution in [3.63, 3.8) is 0 Å². The highest BCUT2D eigenvalue weighted by atomic mass is 16.4. The van der Waals surface area contributed by atoms with Crippen molar-refractivity contribution in [1.29, 1.82) is 0 Å². The number of unbranched alkanes of at least 4 members (excludes halogenated alkanes) is 15. The number of carbonyl (C=O) groups is 4. The lowest BCUT2D eigenvalue weighted by molar-refractivity contribution is -0.137. The molecule has 6 heteroatoms. The van der Waals surface area contributed by atoms with Crippen molar-refractivity contribution in [2.24, 2.45) is 0 Å². The van der Waals surface area contributed by atoms with E-state index in [1.54, 1.807) is 0 Å². The number of carbonyl (C=O) groups excluding carboxylic acids is 3. The number of hydrogen-bond acceptors (Lipinski definition) is 4. The molecular formula is C25H45NO5. The molecular weight excluding hydrogens is 394 g/mol. The summed E-state index contributed by atoms with van der Waals surface area (Å²) >= 11 is 0. The molecule has 0 aromatic heterocycles. The molecule has 0 spiro atoms. The van der Waals surface area contributed by atoms with Gasteiger partial charge in [0.2, 0.25) is 5.91 Å². The van der Waals surface area contributed by atoms with Gasteiger partial charge in [-0.25, -0.2) is 0 Å². The van der Waals surface area contributed by atoms with E-state index >= 15 is 0 Å². The first-order valence-electron chi connectivity index (χ1n) is 12.5. The molecule has 1 amide bonds. The molecule has 0 saturated heterocycles. The maximum Gasteiger partial charge on any atom is 0.303 e. The van der Waals surface area contributed by atoms with Gasteiger partial charge in [-0.1, -0.05) is 89.9 Å². The minimum Gasteiger partial charge on any atom is -0.481 e. The van der Waals surface area contributed by atoms with Crippen LogP contribution in [0.2, 0.25) is 0 Å². The Labute approximate surface area is 188 Å². The van der Waals surface area contributed by atoms with Crippen LogP contribution in [0.3, 0.4) is 0 Å². The topological polar surface area (TPSA) is 101 Å². The maximum atomic E-state index is 11.8. The van der Waals surface area contributed by atoms with Crippen LogP contribution in [-0.2, 0) is 19.2 Å². The summed E-state index contributed by atoms with van der Waals surface area (Å²) in [5.41, 5.74) is 0. The Morgan fingerprint density at radius 2 is 1.03 bits per heavy atom. The van der Waals surface area contributed by atoms with Gasteiger partial charge in [-0.3, -0.25) is 9.59 Å². The third-order valence-electron chi connectivity index (χ3n) is 5.65. The Hall–Kier alpha value is -1.72. The number of aliphatic carboxylic acids is 1. The highest BCUT2D eigenvalue weighted by molar-refractivity contribution is 5.79. The van der Waals surface area contributed by atoms with Crippen molar-refractivity contribution < 1.29 is 24.3 Å². The van der Waals surface area contributed by atoms with Crippen LogP contribution in [-0.4, -0.2) is 35.6 Å². The second-order valence-corrected chi connectivity index (χ2v) is 8.60. The zero-order chi connectivity index (χ0) is 23.0. The fraction of sp³-hybridized carbons (Fsp3) is 0.840. The smallest absolute Gasteiger partial charge is 0.303 e. The van der Waals surface area contributed by atoms with Crippen LogP contribution in [0.5, 0.6) is 0 Å². The van der Waals surface area contributed by atoms with Crippen molar-refractivity contribution in [3.05, 3.63) is 0 Å². The minimum absolute atomic E-state index is 0.0961. The van der Waals surface area contributed by atoms with Crippen LogP contribution in [0.4, 0.5) is 0 Å². The lowest BCUT2D eigenvalue weighted by Gasteiger charge is -2.11. The fourth-order valence-corrected chi connectivity index (χ4v) is 3.74. The largest absolute Gasteiger partial charge is 0.481 e. The molecule has 0 saturated carbocycles. The summed E-state index contributed by atoms with van der Waals surface area (Å²) in [6, 6.07) is -0.534. The predicted octanol–water partition coefficient (Wildman–Crippen LogP) is 5.76. The van der Waals surface area contributed by atoms with Crippen LogP contribution >= 0.6 is 0 Å². The Morgan fingerprint density at radius 3 is 1.39 bits per heavy atom. The SMILES string of the molecule is O=CCC[C@@H](C=O)NC(=O)CCCCCCCCCCCCCCCCCCC(=O)O. The second-order valence-electron chi connectivity index (χ2n) is 8.60. The first-order chi connectivity index (χ1) is 15.1. The van der Waals surface area contributed by atoms with Gasteiger partial charge < -0.3 is 20.0 Å². The molecule has 0 unspecified atom stereocenters. The Kier molecular flexibility index (Phi) is 21.7. The van der Waals surface area contributed by atoms with E-state index in [0.29, 0.717) is 32.0 Å². The third-order valence-corrected chi connectivity index (χ3v) is 5.65. The molecule has 0 aliphatic carbocycles. The number of carboxylic acids is 1. The molecule has 0 fully saturated rings. The number of hydrogen-bond donors (Lipinski definition) is 2. The molecule has 0 radical (unpaired) electrons. The van der Waals surface area contributed by atoms with Gasteiger partial charge in [0.05, 0.1) is 6.04 Å². The average molecular weight is 440 g/mol. The lowest BCUT2D eigenvalue weighted by Crippen LogP contribution is -2.35. The minimum atomic E-state index is -0.682. The monoisotopic (exact) mass is 439 g/mol. The van der Waals surface area contributed by atoms with Gasteiger partial charge in [-0.05, 0) is 19.3 Å². The van der Waals surface area contributed by atoms with Crippen molar-refractivity contribution in [2.45, 2.75) is 134 Å². The number of amides is 1. The molecule has 0 aliphatic rings. The normalized spacial score (nSPS) is 11.7. The summed E-state index contributed by atoms with van der Waals surface area (Å²) in [6.45, 7) is 0. The highest BCUT2D eigenvalue weighted by Crippen LogP contribution is 2.14. The number of rotatable bonds is 24. The zero-order valence-corrected chi connectivity index (χ0v) is 19.5. The van der Waals surface area contributed by atoms with E-state index in [4.69, 9.17) is 5.11 Å². The predicted molar refractivity (Wildman–Crippen MR) is 124 cm³/mol. The van der Waals surface area contributed by atoms with Gasteiger partial charge in [0.15, 0.2) is 0 Å². The van der Waals surface area contributed by atoms with Crippen LogP contribution in [0.25, 0.3) is 0 Å². The van der Waals surface area contributed by atoms with Crippen LogP contribution in [0.15, 0.2) is 0 Å². The number of aldehydes is 2. The van der Waals surface area contributed by atoms with E-state index in [1.807, 2.05) is 0 Å². The summed E-state index contributed by atoms with van der Waals surface area (Å²) in [7, 11) is 0. The van der Waals surface area contributed by atoms with Crippen LogP contribution < -0.4 is 5.32 Å². The molecule has 0 aliphatic heterocycles. The van der Waals surface area contributed by atoms with Crippen LogP contribution in [0.1, 0.15) is 128 Å². The van der Waals surface area contributed by atoms with Gasteiger partial charge in [0.25, 0.3) is 0 Å². The van der Waals surface area contributed by atoms with E-state index in [2.05, 4.69) is 5.32 Å². The van der Waals surface area contributed by atoms with Gasteiger partial charge in [0, 0.05) is 19.3 Å². The molecule has 2 N–H and O–H groups in total. The summed E-state index contributed by atoms with van der Waals surface area (Å²) in [6.07, 6.45) is 21.8. The van der Waals surface area contributed by atoms with Crippen molar-refractivity contribution >= 4 is 24.4 Å². The average Bonchev–Trinajstić information content (AvgIpc) is 2.75. The summed E-state index contributed by atoms with van der Waals surface area (Å²) in [5, 5.41) is 11.3. The summed E-state index contributed by atoms with van der Waals surface area (Å²) < 4.78 is 0. The molecule has 0 rings (SSSR count). The number of carboxylic acid groups (broad SMARTS) is 1. The van der Waals surface area contributed by atoms with Gasteiger partial charge in [-0.15, -0.1) is 0 Å². The zero-order valence-electron chi connectivity index (χ0n) is 19.5. The molecule has 6 nitrogen and oxygen atoms in total. The van der Waals surface area contributed by atoms with Gasteiger partial charge in [-0.2, -0.15) is 0 Å². The first-order valence-corrected chi connectivity index (χ1v) is 12.5. The third kappa shape index (κ3) is 22.8. The summed E-state index contributed by atoms with van der Waals surface area (Å²) in [5.74, 6) is -0.778. The lowest BCUT2D eigenvalue weighted by atomic mass is 10.0. The van der Waals surface area contributed by atoms with E-state index in [1.165, 1.54) is 70.6 Å². The molecule has 0 heterocycles. The van der Waals surface area contributed by atoms with Crippen molar-refractivity contribution in [2.75, 3.05) is 0 Å². The van der Waals surface area contributed by atoms with Gasteiger partial charge >= 0.3 is 5.97 Å².